The van der Waals surface area contributed by atoms with Gasteiger partial charge in [0.15, 0.2) is 0 Å². The van der Waals surface area contributed by atoms with E-state index >= 15 is 0 Å². The summed E-state index contributed by atoms with van der Waals surface area (Å²) in [4.78, 5) is 21.2. The zero-order valence-electron chi connectivity index (χ0n) is 7.75. The van der Waals surface area contributed by atoms with Gasteiger partial charge >= 0.3 is 5.97 Å². The van der Waals surface area contributed by atoms with Gasteiger partial charge in [-0.05, 0) is 13.3 Å². The number of rotatable bonds is 6. The molecule has 0 radical (unpaired) electrons. The Bertz CT molecular complexity index is 201. The molecule has 0 fully saturated rings. The fourth-order valence-electron chi connectivity index (χ4n) is 0.785. The minimum atomic E-state index is -0.871. The molecule has 0 aromatic rings. The maximum Gasteiger partial charge on any atom is 0.303 e. The summed E-state index contributed by atoms with van der Waals surface area (Å²) in [5, 5.41) is 11.0. The van der Waals surface area contributed by atoms with Crippen molar-refractivity contribution in [1.29, 1.82) is 0 Å². The number of carboxylic acids is 1. The lowest BCUT2D eigenvalue weighted by atomic mass is 10.2. The second-order valence-electron chi connectivity index (χ2n) is 2.84. The molecule has 0 spiro atoms. The number of amides is 1. The molecule has 0 aliphatic carbocycles. The Balaban J connectivity index is 3.51. The van der Waals surface area contributed by atoms with E-state index in [9.17, 15) is 9.59 Å². The molecule has 0 aromatic heterocycles. The van der Waals surface area contributed by atoms with Crippen LogP contribution in [0.1, 0.15) is 26.2 Å². The second-order valence-corrected chi connectivity index (χ2v) is 2.84. The van der Waals surface area contributed by atoms with Crippen molar-refractivity contribution in [2.24, 2.45) is 0 Å². The first kappa shape index (κ1) is 11.7. The van der Waals surface area contributed by atoms with Crippen LogP contribution in [0.25, 0.3) is 0 Å². The zero-order valence-corrected chi connectivity index (χ0v) is 7.75. The molecule has 0 saturated heterocycles. The van der Waals surface area contributed by atoms with Crippen LogP contribution >= 0.6 is 0 Å². The van der Waals surface area contributed by atoms with Gasteiger partial charge in [0.05, 0.1) is 0 Å². The molecule has 0 aromatic carbocycles. The third kappa shape index (κ3) is 7.05. The molecule has 1 atom stereocenters. The Morgan fingerprint density at radius 1 is 1.54 bits per heavy atom. The molecule has 4 nitrogen and oxygen atoms in total. The molecule has 1 unspecified atom stereocenters. The molecule has 0 saturated carbocycles. The van der Waals surface area contributed by atoms with Gasteiger partial charge < -0.3 is 10.4 Å². The number of hydrogen-bond donors (Lipinski definition) is 2. The molecule has 2 N–H and O–H groups in total. The smallest absolute Gasteiger partial charge is 0.303 e. The quantitative estimate of drug-likeness (QED) is 0.605. The Kier molecular flexibility index (Phi) is 5.59. The standard InChI is InChI=1S/C9H15NO3/c1-3-7(2)10-8(11)5-4-6-9(12)13/h3,7H,1,4-6H2,2H3,(H,10,11)(H,12,13). The van der Waals surface area contributed by atoms with Gasteiger partial charge in [-0.1, -0.05) is 6.08 Å². The van der Waals surface area contributed by atoms with Gasteiger partial charge in [0.25, 0.3) is 0 Å². The van der Waals surface area contributed by atoms with Crippen LogP contribution in [0, 0.1) is 0 Å². The van der Waals surface area contributed by atoms with Gasteiger partial charge in [0, 0.05) is 18.9 Å². The van der Waals surface area contributed by atoms with Crippen molar-refractivity contribution in [3.8, 4) is 0 Å². The summed E-state index contributed by atoms with van der Waals surface area (Å²) >= 11 is 0. The first-order valence-corrected chi connectivity index (χ1v) is 4.20. The number of carboxylic acid groups (broad SMARTS) is 1. The van der Waals surface area contributed by atoms with E-state index < -0.39 is 5.97 Å². The van der Waals surface area contributed by atoms with Gasteiger partial charge in [-0.25, -0.2) is 0 Å². The number of nitrogens with one attached hydrogen (secondary N) is 1. The highest BCUT2D eigenvalue weighted by molar-refractivity contribution is 5.77. The molecule has 4 heteroatoms. The average Bonchev–Trinajstić information content (AvgIpc) is 2.03. The van der Waals surface area contributed by atoms with Crippen LogP contribution in [-0.2, 0) is 9.59 Å². The van der Waals surface area contributed by atoms with Gasteiger partial charge in [0.1, 0.15) is 0 Å². The maximum absolute atomic E-state index is 11.0. The predicted molar refractivity (Wildman–Crippen MR) is 49.3 cm³/mol. The fraction of sp³-hybridized carbons (Fsp3) is 0.556. The molecule has 0 aliphatic rings. The third-order valence-electron chi connectivity index (χ3n) is 1.54. The molecule has 0 heterocycles. The minimum Gasteiger partial charge on any atom is -0.481 e. The number of carbonyl (C=O) groups excluding carboxylic acids is 1. The lowest BCUT2D eigenvalue weighted by molar-refractivity contribution is -0.137. The molecule has 0 rings (SSSR count). The summed E-state index contributed by atoms with van der Waals surface area (Å²) < 4.78 is 0. The van der Waals surface area contributed by atoms with E-state index in [2.05, 4.69) is 11.9 Å². The van der Waals surface area contributed by atoms with Crippen molar-refractivity contribution in [2.45, 2.75) is 32.2 Å². The number of aliphatic carboxylic acids is 1. The van der Waals surface area contributed by atoms with Gasteiger partial charge in [-0.3, -0.25) is 9.59 Å². The molecular weight excluding hydrogens is 170 g/mol. The minimum absolute atomic E-state index is 0.0376. The molecule has 0 bridgehead atoms. The van der Waals surface area contributed by atoms with Crippen molar-refractivity contribution in [3.63, 3.8) is 0 Å². The number of carbonyl (C=O) groups is 2. The lowest BCUT2D eigenvalue weighted by Gasteiger charge is -2.07. The largest absolute Gasteiger partial charge is 0.481 e. The van der Waals surface area contributed by atoms with Crippen molar-refractivity contribution >= 4 is 11.9 Å². The third-order valence-corrected chi connectivity index (χ3v) is 1.54. The summed E-state index contributed by atoms with van der Waals surface area (Å²) in [7, 11) is 0. The summed E-state index contributed by atoms with van der Waals surface area (Å²) in [6.45, 7) is 5.32. The van der Waals surface area contributed by atoms with Crippen LogP contribution in [0.4, 0.5) is 0 Å². The summed E-state index contributed by atoms with van der Waals surface area (Å²) in [6, 6.07) is -0.0580. The SMILES string of the molecule is C=CC(C)NC(=O)CCCC(=O)O. The first-order valence-electron chi connectivity index (χ1n) is 4.20. The highest BCUT2D eigenvalue weighted by Gasteiger charge is 2.05. The maximum atomic E-state index is 11.0. The first-order chi connectivity index (χ1) is 6.06. The van der Waals surface area contributed by atoms with Crippen molar-refractivity contribution < 1.29 is 14.7 Å². The van der Waals surface area contributed by atoms with Crippen molar-refractivity contribution in [2.75, 3.05) is 0 Å². The van der Waals surface area contributed by atoms with Crippen LogP contribution in [0.5, 0.6) is 0 Å². The van der Waals surface area contributed by atoms with Crippen molar-refractivity contribution in [1.82, 2.24) is 5.32 Å². The van der Waals surface area contributed by atoms with Crippen molar-refractivity contribution in [3.05, 3.63) is 12.7 Å². The van der Waals surface area contributed by atoms with E-state index in [1.54, 1.807) is 6.08 Å². The number of hydrogen-bond acceptors (Lipinski definition) is 2. The topological polar surface area (TPSA) is 66.4 Å². The summed E-state index contributed by atoms with van der Waals surface area (Å²) in [5.41, 5.74) is 0. The zero-order chi connectivity index (χ0) is 10.3. The molecular formula is C9H15NO3. The predicted octanol–water partition coefficient (Wildman–Crippen LogP) is 0.932. The van der Waals surface area contributed by atoms with Crippen LogP contribution in [0.15, 0.2) is 12.7 Å². The van der Waals surface area contributed by atoms with E-state index in [4.69, 9.17) is 5.11 Å². The Morgan fingerprint density at radius 2 is 2.15 bits per heavy atom. The highest BCUT2D eigenvalue weighted by atomic mass is 16.4. The van der Waals surface area contributed by atoms with E-state index in [0.29, 0.717) is 6.42 Å². The highest BCUT2D eigenvalue weighted by Crippen LogP contribution is 1.95. The summed E-state index contributed by atoms with van der Waals surface area (Å²) in [6.07, 6.45) is 2.29. The van der Waals surface area contributed by atoms with E-state index in [1.807, 2.05) is 6.92 Å². The monoisotopic (exact) mass is 185 g/mol. The fourth-order valence-corrected chi connectivity index (χ4v) is 0.785. The molecule has 13 heavy (non-hydrogen) atoms. The normalized spacial score (nSPS) is 11.8. The summed E-state index contributed by atoms with van der Waals surface area (Å²) in [5.74, 6) is -1.00. The van der Waals surface area contributed by atoms with Crippen LogP contribution in [-0.4, -0.2) is 23.0 Å². The lowest BCUT2D eigenvalue weighted by Crippen LogP contribution is -2.30. The Hall–Kier alpha value is -1.32. The molecule has 74 valence electrons. The van der Waals surface area contributed by atoms with Crippen LogP contribution in [0.3, 0.4) is 0 Å². The van der Waals surface area contributed by atoms with Gasteiger partial charge in [0.2, 0.25) is 5.91 Å². The van der Waals surface area contributed by atoms with Crippen LogP contribution < -0.4 is 5.32 Å². The van der Waals surface area contributed by atoms with E-state index in [-0.39, 0.29) is 24.8 Å². The van der Waals surface area contributed by atoms with Crippen LogP contribution in [0.2, 0.25) is 0 Å². The van der Waals surface area contributed by atoms with Gasteiger partial charge in [-0.15, -0.1) is 6.58 Å². The average molecular weight is 185 g/mol. The molecule has 0 aliphatic heterocycles. The van der Waals surface area contributed by atoms with E-state index in [1.165, 1.54) is 0 Å². The Labute approximate surface area is 77.6 Å². The van der Waals surface area contributed by atoms with Gasteiger partial charge in [-0.2, -0.15) is 0 Å². The Morgan fingerprint density at radius 3 is 2.62 bits per heavy atom. The second kappa shape index (κ2) is 6.22. The van der Waals surface area contributed by atoms with E-state index in [0.717, 1.165) is 0 Å². The molecule has 1 amide bonds.